The van der Waals surface area contributed by atoms with E-state index in [-0.39, 0.29) is 13.2 Å². The number of alkyl halides is 2. The van der Waals surface area contributed by atoms with Crippen LogP contribution in [0.5, 0.6) is 5.75 Å². The zero-order valence-electron chi connectivity index (χ0n) is 25.5. The van der Waals surface area contributed by atoms with E-state index in [1.54, 1.807) is 24.7 Å². The first-order valence-corrected chi connectivity index (χ1v) is 15.2. The molecule has 0 amide bonds. The smallest absolute Gasteiger partial charge is 0.355 e. The largest absolute Gasteiger partial charge is 0.493 e. The molecule has 3 aromatic carbocycles. The second-order valence-electron chi connectivity index (χ2n) is 10.8. The number of nitrogens with zero attached hydrogens (tertiary/aromatic N) is 2. The molecule has 0 fully saturated rings. The Bertz CT molecular complexity index is 1810. The monoisotopic (exact) mass is 639 g/mol. The van der Waals surface area contributed by atoms with Gasteiger partial charge in [-0.2, -0.15) is 5.10 Å². The van der Waals surface area contributed by atoms with Crippen LogP contribution in [0.2, 0.25) is 5.02 Å². The van der Waals surface area contributed by atoms with Crippen molar-refractivity contribution in [2.45, 2.75) is 45.6 Å². The van der Waals surface area contributed by atoms with Crippen LogP contribution in [0.15, 0.2) is 54.6 Å². The molecule has 0 unspecified atom stereocenters. The number of rotatable bonds is 14. The molecule has 0 atom stereocenters. The second kappa shape index (κ2) is 14.0. The van der Waals surface area contributed by atoms with Gasteiger partial charge in [0, 0.05) is 47.7 Å². The standard InChI is InChI=1S/C34H36ClF2N3O5/c1-4-44-33(42)32-24(12-8-18-45-28-13-7-10-22-9-5-6-11-23(22)28)25-14-15-26(35)30(31(25)38-32)29-21(2)40(3)39-27(29)19-43-20-34(36,37)16-17-41/h5-7,9-11,13-15,38,41H,4,8,12,16-20H2,1-3H3. The Hall–Kier alpha value is -3.99. The number of ether oxygens (including phenoxy) is 3. The van der Waals surface area contributed by atoms with Crippen LogP contribution in [0.25, 0.3) is 32.8 Å². The second-order valence-corrected chi connectivity index (χ2v) is 11.2. The molecule has 0 spiro atoms. The molecule has 2 N–H and O–H groups in total. The first-order chi connectivity index (χ1) is 21.6. The van der Waals surface area contributed by atoms with Gasteiger partial charge in [-0.25, -0.2) is 13.6 Å². The van der Waals surface area contributed by atoms with Crippen LogP contribution < -0.4 is 4.74 Å². The van der Waals surface area contributed by atoms with E-state index in [4.69, 9.17) is 30.9 Å². The number of nitrogens with one attached hydrogen (secondary N) is 1. The summed E-state index contributed by atoms with van der Waals surface area (Å²) in [6.45, 7) is 2.52. The summed E-state index contributed by atoms with van der Waals surface area (Å²) in [5.41, 5.74) is 4.07. The van der Waals surface area contributed by atoms with Gasteiger partial charge in [0.25, 0.3) is 5.92 Å². The highest BCUT2D eigenvalue weighted by molar-refractivity contribution is 6.35. The van der Waals surface area contributed by atoms with E-state index in [1.807, 2.05) is 55.5 Å². The summed E-state index contributed by atoms with van der Waals surface area (Å²) >= 11 is 6.80. The Kier molecular flexibility index (Phi) is 10.1. The van der Waals surface area contributed by atoms with Gasteiger partial charge in [-0.3, -0.25) is 4.68 Å². The quantitative estimate of drug-likeness (QED) is 0.0970. The molecule has 45 heavy (non-hydrogen) atoms. The lowest BCUT2D eigenvalue weighted by molar-refractivity contribution is -0.0936. The maximum Gasteiger partial charge on any atom is 0.355 e. The van der Waals surface area contributed by atoms with Crippen molar-refractivity contribution in [3.05, 3.63) is 82.3 Å². The highest BCUT2D eigenvalue weighted by Gasteiger charge is 2.30. The summed E-state index contributed by atoms with van der Waals surface area (Å²) in [7, 11) is 1.75. The molecule has 238 valence electrons. The van der Waals surface area contributed by atoms with Gasteiger partial charge in [0.1, 0.15) is 18.1 Å². The van der Waals surface area contributed by atoms with E-state index >= 15 is 0 Å². The van der Waals surface area contributed by atoms with E-state index < -0.39 is 31.5 Å². The van der Waals surface area contributed by atoms with Crippen LogP contribution in [-0.2, 0) is 29.5 Å². The van der Waals surface area contributed by atoms with E-state index in [0.717, 1.165) is 33.2 Å². The minimum Gasteiger partial charge on any atom is -0.493 e. The highest BCUT2D eigenvalue weighted by atomic mass is 35.5. The topological polar surface area (TPSA) is 98.6 Å². The Morgan fingerprint density at radius 3 is 2.64 bits per heavy atom. The summed E-state index contributed by atoms with van der Waals surface area (Å²) in [4.78, 5) is 16.4. The fourth-order valence-corrected chi connectivity index (χ4v) is 5.82. The van der Waals surface area contributed by atoms with Gasteiger partial charge < -0.3 is 24.3 Å². The number of hydrogen-bond donors (Lipinski definition) is 2. The third kappa shape index (κ3) is 6.98. The van der Waals surface area contributed by atoms with Gasteiger partial charge in [-0.1, -0.05) is 54.1 Å². The number of aliphatic hydroxyl groups is 1. The molecule has 0 aliphatic rings. The van der Waals surface area contributed by atoms with Crippen molar-refractivity contribution in [2.75, 3.05) is 26.4 Å². The molecule has 0 saturated carbocycles. The van der Waals surface area contributed by atoms with Crippen LogP contribution in [0, 0.1) is 6.92 Å². The fraction of sp³-hybridized carbons (Fsp3) is 0.353. The number of fused-ring (bicyclic) bond motifs is 2. The molecular weight excluding hydrogens is 604 g/mol. The molecule has 0 bridgehead atoms. The van der Waals surface area contributed by atoms with Gasteiger partial charge in [-0.15, -0.1) is 0 Å². The Morgan fingerprint density at radius 2 is 1.87 bits per heavy atom. The van der Waals surface area contributed by atoms with Gasteiger partial charge in [0.05, 0.1) is 36.1 Å². The first kappa shape index (κ1) is 32.4. The normalized spacial score (nSPS) is 11.9. The SMILES string of the molecule is CCOC(=O)c1[nH]c2c(-c3c(COCC(F)(F)CCO)nn(C)c3C)c(Cl)ccc2c1CCCOc1cccc2ccccc12. The number of aromatic nitrogens is 3. The number of halogens is 3. The summed E-state index contributed by atoms with van der Waals surface area (Å²) in [5.74, 6) is -2.86. The fourth-order valence-electron chi connectivity index (χ4n) is 5.56. The predicted octanol–water partition coefficient (Wildman–Crippen LogP) is 7.41. The molecular formula is C34H36ClF2N3O5. The number of aromatic amines is 1. The summed E-state index contributed by atoms with van der Waals surface area (Å²) in [6, 6.07) is 17.6. The number of carbonyl (C=O) groups excluding carboxylic acids is 1. The van der Waals surface area contributed by atoms with E-state index in [1.165, 1.54) is 0 Å². The van der Waals surface area contributed by atoms with Crippen molar-refractivity contribution >= 4 is 39.2 Å². The van der Waals surface area contributed by atoms with Crippen LogP contribution in [0.3, 0.4) is 0 Å². The van der Waals surface area contributed by atoms with E-state index in [2.05, 4.69) is 10.1 Å². The maximum absolute atomic E-state index is 14.0. The Labute approximate surface area is 264 Å². The average molecular weight is 640 g/mol. The van der Waals surface area contributed by atoms with Gasteiger partial charge in [0.2, 0.25) is 0 Å². The molecule has 5 aromatic rings. The third-order valence-corrected chi connectivity index (χ3v) is 8.09. The number of aryl methyl sites for hydroxylation is 2. The van der Waals surface area contributed by atoms with Gasteiger partial charge in [-0.05, 0) is 49.8 Å². The van der Waals surface area contributed by atoms with Crippen molar-refractivity contribution in [1.82, 2.24) is 14.8 Å². The molecule has 0 aliphatic carbocycles. The number of carbonyl (C=O) groups is 1. The molecule has 2 heterocycles. The predicted molar refractivity (Wildman–Crippen MR) is 170 cm³/mol. The number of benzene rings is 3. The first-order valence-electron chi connectivity index (χ1n) is 14.8. The molecule has 8 nitrogen and oxygen atoms in total. The van der Waals surface area contributed by atoms with E-state index in [0.29, 0.717) is 52.5 Å². The number of hydrogen-bond acceptors (Lipinski definition) is 6. The minimum atomic E-state index is -3.17. The van der Waals surface area contributed by atoms with Gasteiger partial charge in [0.15, 0.2) is 0 Å². The molecule has 0 saturated heterocycles. The van der Waals surface area contributed by atoms with E-state index in [9.17, 15) is 13.6 Å². The summed E-state index contributed by atoms with van der Waals surface area (Å²) in [6.07, 6.45) is 0.441. The molecule has 5 rings (SSSR count). The van der Waals surface area contributed by atoms with Crippen LogP contribution in [0.4, 0.5) is 8.78 Å². The van der Waals surface area contributed by atoms with Crippen LogP contribution in [-0.4, -0.2) is 58.2 Å². The van der Waals surface area contributed by atoms with Crippen molar-refractivity contribution in [3.8, 4) is 16.9 Å². The number of esters is 1. The molecule has 11 heteroatoms. The lowest BCUT2D eigenvalue weighted by Gasteiger charge is -2.15. The summed E-state index contributed by atoms with van der Waals surface area (Å²) < 4.78 is 46.6. The Morgan fingerprint density at radius 1 is 1.09 bits per heavy atom. The lowest BCUT2D eigenvalue weighted by Crippen LogP contribution is -2.25. The molecule has 0 radical (unpaired) electrons. The molecule has 2 aromatic heterocycles. The van der Waals surface area contributed by atoms with Crippen molar-refractivity contribution in [3.63, 3.8) is 0 Å². The minimum absolute atomic E-state index is 0.200. The maximum atomic E-state index is 14.0. The van der Waals surface area contributed by atoms with Crippen LogP contribution >= 0.6 is 11.6 Å². The summed E-state index contributed by atoms with van der Waals surface area (Å²) in [5, 5.41) is 16.8. The number of H-pyrrole nitrogens is 1. The van der Waals surface area contributed by atoms with Crippen molar-refractivity contribution in [1.29, 1.82) is 0 Å². The lowest BCUT2D eigenvalue weighted by atomic mass is 9.98. The molecule has 0 aliphatic heterocycles. The average Bonchev–Trinajstić information content (AvgIpc) is 3.51. The highest BCUT2D eigenvalue weighted by Crippen LogP contribution is 2.41. The number of aliphatic hydroxyl groups excluding tert-OH is 1. The van der Waals surface area contributed by atoms with Crippen molar-refractivity contribution < 1.29 is 32.9 Å². The van der Waals surface area contributed by atoms with Crippen molar-refractivity contribution in [2.24, 2.45) is 7.05 Å². The van der Waals surface area contributed by atoms with Gasteiger partial charge >= 0.3 is 5.97 Å². The Balaban J connectivity index is 1.47. The third-order valence-electron chi connectivity index (χ3n) is 7.78. The zero-order valence-corrected chi connectivity index (χ0v) is 26.2. The zero-order chi connectivity index (χ0) is 32.1. The van der Waals surface area contributed by atoms with Crippen LogP contribution in [0.1, 0.15) is 47.2 Å².